The molecule has 134 valence electrons. The lowest BCUT2D eigenvalue weighted by Crippen LogP contribution is -2.29. The van der Waals surface area contributed by atoms with Gasteiger partial charge in [-0.3, -0.25) is 14.4 Å². The molecule has 2 unspecified atom stereocenters. The Bertz CT molecular complexity index is 665. The molecule has 0 aromatic rings. The summed E-state index contributed by atoms with van der Waals surface area (Å²) >= 11 is 0. The molecule has 0 saturated carbocycles. The Hall–Kier alpha value is -2.55. The lowest BCUT2D eigenvalue weighted by atomic mass is 10.0. The molecule has 0 spiro atoms. The van der Waals surface area contributed by atoms with Crippen LogP contribution in [0.3, 0.4) is 0 Å². The van der Waals surface area contributed by atoms with E-state index in [-0.39, 0.29) is 42.7 Å². The van der Waals surface area contributed by atoms with Crippen LogP contribution < -0.4 is 0 Å². The third kappa shape index (κ3) is 4.96. The van der Waals surface area contributed by atoms with Crippen LogP contribution >= 0.6 is 0 Å². The molecule has 1 aliphatic carbocycles. The first-order valence-corrected chi connectivity index (χ1v) is 7.61. The number of allylic oxidation sites excluding steroid dienone is 7. The summed E-state index contributed by atoms with van der Waals surface area (Å²) in [5.74, 6) is -2.41. The Morgan fingerprint density at radius 2 is 1.80 bits per heavy atom. The fourth-order valence-electron chi connectivity index (χ4n) is 2.12. The lowest BCUT2D eigenvalue weighted by Gasteiger charge is -2.24. The molecule has 0 saturated heterocycles. The zero-order valence-corrected chi connectivity index (χ0v) is 13.5. The van der Waals surface area contributed by atoms with Crippen LogP contribution in [0.25, 0.3) is 0 Å². The van der Waals surface area contributed by atoms with Gasteiger partial charge >= 0.3 is 0 Å². The first kappa shape index (κ1) is 18.8. The number of carbonyl (C=O) groups is 3. The maximum absolute atomic E-state index is 12.0. The van der Waals surface area contributed by atoms with Crippen molar-refractivity contribution >= 4 is 17.3 Å². The van der Waals surface area contributed by atoms with E-state index in [4.69, 9.17) is 24.4 Å². The summed E-state index contributed by atoms with van der Waals surface area (Å²) in [6.07, 6.45) is 4.79. The fraction of sp³-hybridized carbons (Fsp3) is 0.353. The van der Waals surface area contributed by atoms with Gasteiger partial charge in [-0.05, 0) is 37.6 Å². The van der Waals surface area contributed by atoms with Crippen LogP contribution in [0.5, 0.6) is 0 Å². The highest BCUT2D eigenvalue weighted by Gasteiger charge is 2.30. The molecule has 1 heterocycles. The zero-order chi connectivity index (χ0) is 18.4. The highest BCUT2D eigenvalue weighted by molar-refractivity contribution is 6.47. The van der Waals surface area contributed by atoms with Gasteiger partial charge in [0, 0.05) is 12.2 Å². The Morgan fingerprint density at radius 1 is 1.12 bits per heavy atom. The van der Waals surface area contributed by atoms with Gasteiger partial charge in [0.1, 0.15) is 0 Å². The van der Waals surface area contributed by atoms with Crippen LogP contribution in [0.4, 0.5) is 0 Å². The smallest absolute Gasteiger partial charge is 0.291 e. The van der Waals surface area contributed by atoms with Crippen molar-refractivity contribution in [1.29, 1.82) is 0 Å². The van der Waals surface area contributed by atoms with E-state index in [2.05, 4.69) is 0 Å². The van der Waals surface area contributed by atoms with Crippen molar-refractivity contribution in [1.82, 2.24) is 0 Å². The molecule has 0 radical (unpaired) electrons. The van der Waals surface area contributed by atoms with Crippen LogP contribution in [-0.2, 0) is 28.6 Å². The summed E-state index contributed by atoms with van der Waals surface area (Å²) in [7, 11) is 0. The maximum Gasteiger partial charge on any atom is 0.291 e. The van der Waals surface area contributed by atoms with Crippen LogP contribution in [0.15, 0.2) is 47.7 Å². The minimum Gasteiger partial charge on any atom is -0.435 e. The van der Waals surface area contributed by atoms with E-state index in [1.54, 1.807) is 0 Å². The first-order valence-electron chi connectivity index (χ1n) is 7.61. The summed E-state index contributed by atoms with van der Waals surface area (Å²) < 4.78 is 16.0. The van der Waals surface area contributed by atoms with Gasteiger partial charge in [0.2, 0.25) is 12.1 Å². The summed E-state index contributed by atoms with van der Waals surface area (Å²) in [4.78, 5) is 35.0. The van der Waals surface area contributed by atoms with E-state index in [9.17, 15) is 14.4 Å². The molecule has 0 amide bonds. The van der Waals surface area contributed by atoms with E-state index >= 15 is 0 Å². The number of ketones is 3. The summed E-state index contributed by atoms with van der Waals surface area (Å²) in [6, 6.07) is 0. The van der Waals surface area contributed by atoms with Crippen molar-refractivity contribution in [2.24, 2.45) is 0 Å². The monoisotopic (exact) mass is 350 g/mol. The minimum absolute atomic E-state index is 0.169. The predicted octanol–water partition coefficient (Wildman–Crippen LogP) is 0.0679. The van der Waals surface area contributed by atoms with Crippen molar-refractivity contribution in [2.45, 2.75) is 25.7 Å². The second-order valence-corrected chi connectivity index (χ2v) is 5.25. The van der Waals surface area contributed by atoms with E-state index in [1.807, 2.05) is 0 Å². The number of rotatable bonds is 7. The molecule has 0 fully saturated rings. The van der Waals surface area contributed by atoms with Crippen molar-refractivity contribution in [2.75, 3.05) is 13.2 Å². The topological polar surface area (TPSA) is 119 Å². The number of Topliss-reactive ketones (excluding diaryl/α,β-unsaturated/α-hetero) is 1. The maximum atomic E-state index is 12.0. The normalized spacial score (nSPS) is 19.6. The number of ether oxygens (including phenoxy) is 3. The van der Waals surface area contributed by atoms with Gasteiger partial charge in [-0.2, -0.15) is 0 Å². The molecule has 25 heavy (non-hydrogen) atoms. The van der Waals surface area contributed by atoms with Crippen molar-refractivity contribution in [3.8, 4) is 0 Å². The zero-order valence-electron chi connectivity index (χ0n) is 13.5. The third-order valence-corrected chi connectivity index (χ3v) is 3.32. The molecule has 0 aromatic carbocycles. The molecule has 2 N–H and O–H groups in total. The van der Waals surface area contributed by atoms with E-state index in [1.165, 1.54) is 31.2 Å². The molecular weight excluding hydrogens is 332 g/mol. The van der Waals surface area contributed by atoms with Crippen LogP contribution in [0.1, 0.15) is 13.3 Å². The van der Waals surface area contributed by atoms with Gasteiger partial charge in [0.25, 0.3) is 11.7 Å². The van der Waals surface area contributed by atoms with Crippen molar-refractivity contribution < 1.29 is 38.8 Å². The van der Waals surface area contributed by atoms with Crippen LogP contribution in [0.2, 0.25) is 0 Å². The summed E-state index contributed by atoms with van der Waals surface area (Å²) in [5, 5.41) is 18.0. The Kier molecular flexibility index (Phi) is 6.40. The number of carbonyl (C=O) groups excluding carboxylic acids is 3. The molecule has 2 aliphatic rings. The molecule has 8 heteroatoms. The van der Waals surface area contributed by atoms with Gasteiger partial charge < -0.3 is 24.4 Å². The minimum atomic E-state index is -0.902. The fourth-order valence-corrected chi connectivity index (χ4v) is 2.12. The number of aliphatic hydroxyl groups excluding tert-OH is 2. The van der Waals surface area contributed by atoms with Gasteiger partial charge in [-0.25, -0.2) is 0 Å². The Balaban J connectivity index is 2.11. The van der Waals surface area contributed by atoms with Gasteiger partial charge in [-0.15, -0.1) is 0 Å². The second kappa shape index (κ2) is 8.52. The van der Waals surface area contributed by atoms with E-state index in [0.717, 1.165) is 6.08 Å². The van der Waals surface area contributed by atoms with Crippen LogP contribution in [0, 0.1) is 0 Å². The summed E-state index contributed by atoms with van der Waals surface area (Å²) in [6.45, 7) is 1.03. The van der Waals surface area contributed by atoms with Crippen molar-refractivity contribution in [3.05, 3.63) is 47.7 Å². The molecule has 0 aromatic heterocycles. The molecule has 2 atom stereocenters. The highest BCUT2D eigenvalue weighted by atomic mass is 16.8. The standard InChI is InChI=1S/C17H18O8/c1-10(23-13(9-19)6-7-18)24-15-8-14(21)16(22)17(25-15)11-2-4-12(20)5-3-11/h2-5,8,10,13,18-19H,6-7,9H2,1H3. The number of aliphatic hydroxyl groups is 2. The summed E-state index contributed by atoms with van der Waals surface area (Å²) in [5.41, 5.74) is 0.272. The predicted molar refractivity (Wildman–Crippen MR) is 83.7 cm³/mol. The largest absolute Gasteiger partial charge is 0.435 e. The number of hydrogen-bond acceptors (Lipinski definition) is 8. The van der Waals surface area contributed by atoms with Gasteiger partial charge in [-0.1, -0.05) is 0 Å². The Morgan fingerprint density at radius 3 is 2.40 bits per heavy atom. The molecule has 2 rings (SSSR count). The lowest BCUT2D eigenvalue weighted by molar-refractivity contribution is -0.174. The van der Waals surface area contributed by atoms with E-state index in [0.29, 0.717) is 0 Å². The molecule has 0 bridgehead atoms. The van der Waals surface area contributed by atoms with Crippen molar-refractivity contribution in [3.63, 3.8) is 0 Å². The van der Waals surface area contributed by atoms with Gasteiger partial charge in [0.05, 0.1) is 18.8 Å². The van der Waals surface area contributed by atoms with E-state index < -0.39 is 24.0 Å². The second-order valence-electron chi connectivity index (χ2n) is 5.25. The average Bonchev–Trinajstić information content (AvgIpc) is 2.58. The average molecular weight is 350 g/mol. The Labute approximate surface area is 143 Å². The molecule has 1 aliphatic heterocycles. The molecule has 8 nitrogen and oxygen atoms in total. The highest BCUT2D eigenvalue weighted by Crippen LogP contribution is 2.23. The first-order chi connectivity index (χ1) is 11.9. The number of hydrogen-bond donors (Lipinski definition) is 2. The molecular formula is C17H18O8. The third-order valence-electron chi connectivity index (χ3n) is 3.32. The van der Waals surface area contributed by atoms with Gasteiger partial charge in [0.15, 0.2) is 11.5 Å². The van der Waals surface area contributed by atoms with Crippen LogP contribution in [-0.4, -0.2) is 53.2 Å². The quantitative estimate of drug-likeness (QED) is 0.376. The SMILES string of the molecule is CC(OC1=CC(=O)C(=O)C(=C2C=CC(=O)C=C2)O1)OC(CO)CCO.